The number of rotatable bonds is 10. The molecule has 0 saturated heterocycles. The van der Waals surface area contributed by atoms with Crippen molar-refractivity contribution in [2.45, 2.75) is 46.1 Å². The largest absolute Gasteiger partial charge is 0.381 e. The van der Waals surface area contributed by atoms with Crippen LogP contribution in [0.25, 0.3) is 0 Å². The van der Waals surface area contributed by atoms with Crippen molar-refractivity contribution >= 4 is 5.69 Å². The van der Waals surface area contributed by atoms with E-state index in [2.05, 4.69) is 12.2 Å². The molecule has 1 N–H and O–H groups in total. The first-order chi connectivity index (χ1) is 10.1. The van der Waals surface area contributed by atoms with Crippen molar-refractivity contribution in [2.75, 3.05) is 19.8 Å². The van der Waals surface area contributed by atoms with Gasteiger partial charge in [-0.25, -0.2) is 0 Å². The first-order valence-corrected chi connectivity index (χ1v) is 7.62. The minimum absolute atomic E-state index is 0.0972. The van der Waals surface area contributed by atoms with E-state index in [1.54, 1.807) is 19.1 Å². The molecule has 0 heterocycles. The number of nitrogens with one attached hydrogen (secondary N) is 1. The maximum absolute atomic E-state index is 11.0. The zero-order valence-corrected chi connectivity index (χ0v) is 13.2. The minimum atomic E-state index is -0.326. The lowest BCUT2D eigenvalue weighted by molar-refractivity contribution is -0.385. The molecule has 1 atom stereocenters. The van der Waals surface area contributed by atoms with Crippen molar-refractivity contribution in [2.24, 2.45) is 0 Å². The highest BCUT2D eigenvalue weighted by atomic mass is 16.6. The second-order valence-corrected chi connectivity index (χ2v) is 5.30. The van der Waals surface area contributed by atoms with Gasteiger partial charge in [0.1, 0.15) is 0 Å². The van der Waals surface area contributed by atoms with Crippen LogP contribution >= 0.6 is 0 Å². The molecule has 1 unspecified atom stereocenters. The SMILES string of the molecule is CCCCOCCCNC(C)c1ccc(C)c([N+](=O)[O-])c1. The van der Waals surface area contributed by atoms with Crippen molar-refractivity contribution in [3.63, 3.8) is 0 Å². The molecule has 21 heavy (non-hydrogen) atoms. The second kappa shape index (κ2) is 9.47. The molecule has 0 aliphatic rings. The van der Waals surface area contributed by atoms with Crippen LogP contribution in [0.2, 0.25) is 0 Å². The number of ether oxygens (including phenoxy) is 1. The summed E-state index contributed by atoms with van der Waals surface area (Å²) < 4.78 is 5.50. The molecule has 0 aliphatic heterocycles. The van der Waals surface area contributed by atoms with Crippen molar-refractivity contribution in [1.29, 1.82) is 0 Å². The van der Waals surface area contributed by atoms with Gasteiger partial charge in [-0.1, -0.05) is 25.5 Å². The predicted octanol–water partition coefficient (Wildman–Crippen LogP) is 3.76. The number of aryl methyl sites for hydroxylation is 1. The van der Waals surface area contributed by atoms with Gasteiger partial charge in [0.2, 0.25) is 0 Å². The summed E-state index contributed by atoms with van der Waals surface area (Å²) in [7, 11) is 0. The highest BCUT2D eigenvalue weighted by Crippen LogP contribution is 2.23. The van der Waals surface area contributed by atoms with E-state index in [1.165, 1.54) is 0 Å². The summed E-state index contributed by atoms with van der Waals surface area (Å²) in [6, 6.07) is 5.50. The molecule has 0 bridgehead atoms. The molecule has 5 nitrogen and oxygen atoms in total. The van der Waals surface area contributed by atoms with Crippen LogP contribution < -0.4 is 5.32 Å². The van der Waals surface area contributed by atoms with E-state index in [0.29, 0.717) is 5.56 Å². The smallest absolute Gasteiger partial charge is 0.272 e. The highest BCUT2D eigenvalue weighted by molar-refractivity contribution is 5.43. The second-order valence-electron chi connectivity index (χ2n) is 5.30. The average Bonchev–Trinajstić information content (AvgIpc) is 2.46. The summed E-state index contributed by atoms with van der Waals surface area (Å²) in [5, 5.41) is 14.3. The van der Waals surface area contributed by atoms with Crippen LogP contribution in [-0.2, 0) is 4.74 Å². The molecule has 1 rings (SSSR count). The Morgan fingerprint density at radius 1 is 1.33 bits per heavy atom. The van der Waals surface area contributed by atoms with E-state index < -0.39 is 0 Å². The van der Waals surface area contributed by atoms with Gasteiger partial charge in [-0.2, -0.15) is 0 Å². The Balaban J connectivity index is 2.37. The Morgan fingerprint density at radius 3 is 2.71 bits per heavy atom. The molecule has 118 valence electrons. The Hall–Kier alpha value is -1.46. The summed E-state index contributed by atoms with van der Waals surface area (Å²) in [5.74, 6) is 0. The van der Waals surface area contributed by atoms with Gasteiger partial charge >= 0.3 is 0 Å². The van der Waals surface area contributed by atoms with Crippen LogP contribution in [0.1, 0.15) is 50.3 Å². The lowest BCUT2D eigenvalue weighted by atomic mass is 10.0. The molecular weight excluding hydrogens is 268 g/mol. The third-order valence-electron chi connectivity index (χ3n) is 3.49. The van der Waals surface area contributed by atoms with Gasteiger partial charge in [0.05, 0.1) is 4.92 Å². The molecular formula is C16H26N2O3. The number of nitrogens with zero attached hydrogens (tertiary/aromatic N) is 1. The van der Waals surface area contributed by atoms with E-state index in [4.69, 9.17) is 4.74 Å². The van der Waals surface area contributed by atoms with Crippen molar-refractivity contribution in [3.05, 3.63) is 39.4 Å². The molecule has 0 spiro atoms. The topological polar surface area (TPSA) is 64.4 Å². The van der Waals surface area contributed by atoms with Gasteiger partial charge in [0.25, 0.3) is 5.69 Å². The fraction of sp³-hybridized carbons (Fsp3) is 0.625. The summed E-state index contributed by atoms with van der Waals surface area (Å²) in [6.45, 7) is 8.35. The van der Waals surface area contributed by atoms with E-state index in [0.717, 1.165) is 44.6 Å². The van der Waals surface area contributed by atoms with Gasteiger partial charge in [-0.05, 0) is 38.8 Å². The summed E-state index contributed by atoms with van der Waals surface area (Å²) >= 11 is 0. The Kier molecular flexibility index (Phi) is 7.93. The van der Waals surface area contributed by atoms with Crippen LogP contribution in [-0.4, -0.2) is 24.7 Å². The van der Waals surface area contributed by atoms with Crippen molar-refractivity contribution in [1.82, 2.24) is 5.32 Å². The Labute approximate surface area is 126 Å². The van der Waals surface area contributed by atoms with Gasteiger partial charge in [-0.3, -0.25) is 10.1 Å². The number of hydrogen-bond donors (Lipinski definition) is 1. The summed E-state index contributed by atoms with van der Waals surface area (Å²) in [4.78, 5) is 10.6. The molecule has 0 radical (unpaired) electrons. The first-order valence-electron chi connectivity index (χ1n) is 7.62. The number of nitro groups is 1. The zero-order valence-electron chi connectivity index (χ0n) is 13.2. The molecule has 0 aromatic heterocycles. The molecule has 5 heteroatoms. The summed E-state index contributed by atoms with van der Waals surface area (Å²) in [5.41, 5.74) is 1.82. The fourth-order valence-corrected chi connectivity index (χ4v) is 2.05. The standard InChI is InChI=1S/C16H26N2O3/c1-4-5-10-21-11-6-9-17-14(3)15-8-7-13(2)16(12-15)18(19)20/h7-8,12,14,17H,4-6,9-11H2,1-3H3. The van der Waals surface area contributed by atoms with Crippen molar-refractivity contribution < 1.29 is 9.66 Å². The zero-order chi connectivity index (χ0) is 15.7. The van der Waals surface area contributed by atoms with Crippen LogP contribution in [0.15, 0.2) is 18.2 Å². The van der Waals surface area contributed by atoms with E-state index in [-0.39, 0.29) is 16.7 Å². The van der Waals surface area contributed by atoms with E-state index >= 15 is 0 Å². The first kappa shape index (κ1) is 17.6. The molecule has 0 amide bonds. The maximum Gasteiger partial charge on any atom is 0.272 e. The number of benzene rings is 1. The minimum Gasteiger partial charge on any atom is -0.381 e. The van der Waals surface area contributed by atoms with Gasteiger partial charge in [0, 0.05) is 30.9 Å². The quantitative estimate of drug-likeness (QED) is 0.405. The monoisotopic (exact) mass is 294 g/mol. The van der Waals surface area contributed by atoms with Gasteiger partial charge in [0.15, 0.2) is 0 Å². The highest BCUT2D eigenvalue weighted by Gasteiger charge is 2.13. The third-order valence-corrected chi connectivity index (χ3v) is 3.49. The molecule has 0 saturated carbocycles. The summed E-state index contributed by atoms with van der Waals surface area (Å²) in [6.07, 6.45) is 3.21. The van der Waals surface area contributed by atoms with E-state index in [9.17, 15) is 10.1 Å². The molecule has 0 aliphatic carbocycles. The fourth-order valence-electron chi connectivity index (χ4n) is 2.05. The number of nitro benzene ring substituents is 1. The number of unbranched alkanes of at least 4 members (excludes halogenated alkanes) is 1. The van der Waals surface area contributed by atoms with Gasteiger partial charge < -0.3 is 10.1 Å². The van der Waals surface area contributed by atoms with E-state index in [1.807, 2.05) is 13.0 Å². The average molecular weight is 294 g/mol. The molecule has 1 aromatic rings. The van der Waals surface area contributed by atoms with Crippen LogP contribution in [0.5, 0.6) is 0 Å². The van der Waals surface area contributed by atoms with Crippen molar-refractivity contribution in [3.8, 4) is 0 Å². The lowest BCUT2D eigenvalue weighted by Gasteiger charge is -2.14. The molecule has 1 aromatic carbocycles. The Bertz CT molecular complexity index is 449. The Morgan fingerprint density at radius 2 is 2.05 bits per heavy atom. The maximum atomic E-state index is 11.0. The van der Waals surface area contributed by atoms with Gasteiger partial charge in [-0.15, -0.1) is 0 Å². The van der Waals surface area contributed by atoms with Crippen LogP contribution in [0.3, 0.4) is 0 Å². The molecule has 0 fully saturated rings. The lowest BCUT2D eigenvalue weighted by Crippen LogP contribution is -2.21. The predicted molar refractivity (Wildman–Crippen MR) is 84.6 cm³/mol. The number of hydrogen-bond acceptors (Lipinski definition) is 4. The normalized spacial score (nSPS) is 12.3. The van der Waals surface area contributed by atoms with Crippen LogP contribution in [0.4, 0.5) is 5.69 Å². The third kappa shape index (κ3) is 6.23. The van der Waals surface area contributed by atoms with Crippen LogP contribution in [0, 0.1) is 17.0 Å².